The van der Waals surface area contributed by atoms with Crippen molar-refractivity contribution in [2.24, 2.45) is 0 Å². The molecule has 0 radical (unpaired) electrons. The van der Waals surface area contributed by atoms with Crippen LogP contribution in [-0.4, -0.2) is 11.4 Å². The number of benzene rings is 1. The zero-order valence-corrected chi connectivity index (χ0v) is 8.32. The summed E-state index contributed by atoms with van der Waals surface area (Å²) in [4.78, 5) is 1.28. The van der Waals surface area contributed by atoms with E-state index in [1.54, 1.807) is 11.8 Å². The van der Waals surface area contributed by atoms with Crippen molar-refractivity contribution in [1.82, 2.24) is 0 Å². The number of thioether (sulfide) groups is 1. The van der Waals surface area contributed by atoms with Gasteiger partial charge in [-0.25, -0.2) is 0 Å². The van der Waals surface area contributed by atoms with Crippen LogP contribution in [0.25, 0.3) is 0 Å². The van der Waals surface area contributed by atoms with Gasteiger partial charge in [0, 0.05) is 4.90 Å². The van der Waals surface area contributed by atoms with Gasteiger partial charge in [0.1, 0.15) is 0 Å². The first-order valence-electron chi connectivity index (χ1n) is 4.09. The number of hydrogen-bond donors (Lipinski definition) is 1. The molecule has 0 unspecified atom stereocenters. The Morgan fingerprint density at radius 3 is 2.67 bits per heavy atom. The van der Waals surface area contributed by atoms with E-state index in [4.69, 9.17) is 5.11 Å². The third-order valence-electron chi connectivity index (χ3n) is 1.97. The van der Waals surface area contributed by atoms with Gasteiger partial charge in [0.15, 0.2) is 0 Å². The molecule has 0 bridgehead atoms. The maximum Gasteiger partial charge on any atom is 0.0684 e. The lowest BCUT2D eigenvalue weighted by molar-refractivity contribution is 0.280. The Kier molecular flexibility index (Phi) is 3.63. The van der Waals surface area contributed by atoms with Crippen LogP contribution in [0.2, 0.25) is 0 Å². The molecule has 12 heavy (non-hydrogen) atoms. The molecule has 0 aliphatic heterocycles. The predicted molar refractivity (Wildman–Crippen MR) is 53.5 cm³/mol. The average molecular weight is 182 g/mol. The molecule has 1 nitrogen and oxygen atoms in total. The smallest absolute Gasteiger partial charge is 0.0684 e. The fourth-order valence-corrected chi connectivity index (χ4v) is 2.09. The maximum atomic E-state index is 9.06. The second-order valence-corrected chi connectivity index (χ2v) is 3.46. The lowest BCUT2D eigenvalue weighted by atomic mass is 10.1. The summed E-state index contributed by atoms with van der Waals surface area (Å²) in [6.45, 7) is 2.27. The van der Waals surface area contributed by atoms with Crippen molar-refractivity contribution in [3.63, 3.8) is 0 Å². The Hall–Kier alpha value is -0.470. The molecule has 1 N–H and O–H groups in total. The number of aliphatic hydroxyl groups is 1. The summed E-state index contributed by atoms with van der Waals surface area (Å²) < 4.78 is 0. The molecule has 0 heterocycles. The van der Waals surface area contributed by atoms with E-state index in [0.29, 0.717) is 0 Å². The summed E-state index contributed by atoms with van der Waals surface area (Å²) in [6, 6.07) is 6.08. The van der Waals surface area contributed by atoms with Crippen molar-refractivity contribution in [2.45, 2.75) is 24.8 Å². The molecule has 0 spiro atoms. The molecular weight excluding hydrogens is 168 g/mol. The monoisotopic (exact) mass is 182 g/mol. The number of rotatable bonds is 3. The topological polar surface area (TPSA) is 20.2 Å². The molecular formula is C10H14OS. The van der Waals surface area contributed by atoms with Crippen LogP contribution in [0.4, 0.5) is 0 Å². The maximum absolute atomic E-state index is 9.06. The van der Waals surface area contributed by atoms with Crippen LogP contribution in [0.5, 0.6) is 0 Å². The molecule has 1 aromatic carbocycles. The van der Waals surface area contributed by atoms with Crippen molar-refractivity contribution in [3.05, 3.63) is 29.3 Å². The van der Waals surface area contributed by atoms with Crippen LogP contribution in [0.1, 0.15) is 18.1 Å². The molecule has 1 rings (SSSR count). The van der Waals surface area contributed by atoms with Gasteiger partial charge in [0.25, 0.3) is 0 Å². The molecule has 0 amide bonds. The highest BCUT2D eigenvalue weighted by Gasteiger charge is 2.03. The van der Waals surface area contributed by atoms with E-state index in [0.717, 1.165) is 12.0 Å². The summed E-state index contributed by atoms with van der Waals surface area (Å²) in [5.74, 6) is 0. The van der Waals surface area contributed by atoms with Gasteiger partial charge < -0.3 is 5.11 Å². The highest BCUT2D eigenvalue weighted by molar-refractivity contribution is 7.98. The molecule has 0 aliphatic carbocycles. The van der Waals surface area contributed by atoms with Crippen molar-refractivity contribution in [2.75, 3.05) is 6.26 Å². The van der Waals surface area contributed by atoms with Gasteiger partial charge in [-0.05, 0) is 29.9 Å². The zero-order valence-electron chi connectivity index (χ0n) is 7.50. The molecule has 0 aliphatic rings. The Morgan fingerprint density at radius 1 is 1.42 bits per heavy atom. The molecule has 0 atom stereocenters. The summed E-state index contributed by atoms with van der Waals surface area (Å²) in [5, 5.41) is 9.06. The molecule has 0 saturated carbocycles. The second kappa shape index (κ2) is 4.53. The summed E-state index contributed by atoms with van der Waals surface area (Å²) >= 11 is 1.74. The van der Waals surface area contributed by atoms with E-state index in [1.165, 1.54) is 10.5 Å². The normalized spacial score (nSPS) is 10.2. The summed E-state index contributed by atoms with van der Waals surface area (Å²) in [5.41, 5.74) is 2.34. The van der Waals surface area contributed by atoms with Crippen LogP contribution in [0.3, 0.4) is 0 Å². The van der Waals surface area contributed by atoms with Gasteiger partial charge in [0.05, 0.1) is 6.61 Å². The Labute approximate surface area is 77.8 Å². The Balaban J connectivity index is 3.13. The van der Waals surface area contributed by atoms with Gasteiger partial charge in [-0.3, -0.25) is 0 Å². The molecule has 1 aromatic rings. The van der Waals surface area contributed by atoms with E-state index in [9.17, 15) is 0 Å². The van der Waals surface area contributed by atoms with Crippen LogP contribution in [-0.2, 0) is 13.0 Å². The molecule has 0 fully saturated rings. The Bertz CT molecular complexity index is 236. The predicted octanol–water partition coefficient (Wildman–Crippen LogP) is 2.46. The van der Waals surface area contributed by atoms with E-state index >= 15 is 0 Å². The van der Waals surface area contributed by atoms with Gasteiger partial charge in [-0.1, -0.05) is 19.1 Å². The third kappa shape index (κ3) is 1.82. The number of hydrogen-bond acceptors (Lipinski definition) is 2. The van der Waals surface area contributed by atoms with Crippen molar-refractivity contribution in [1.29, 1.82) is 0 Å². The first-order chi connectivity index (χ1) is 5.83. The Morgan fingerprint density at radius 2 is 2.17 bits per heavy atom. The van der Waals surface area contributed by atoms with Crippen LogP contribution < -0.4 is 0 Å². The lowest BCUT2D eigenvalue weighted by Crippen LogP contribution is -1.94. The van der Waals surface area contributed by atoms with Gasteiger partial charge in [-0.2, -0.15) is 0 Å². The fraction of sp³-hybridized carbons (Fsp3) is 0.400. The van der Waals surface area contributed by atoms with E-state index < -0.39 is 0 Å². The highest BCUT2D eigenvalue weighted by atomic mass is 32.2. The van der Waals surface area contributed by atoms with Crippen molar-refractivity contribution in [3.8, 4) is 0 Å². The second-order valence-electron chi connectivity index (χ2n) is 2.61. The van der Waals surface area contributed by atoms with E-state index in [-0.39, 0.29) is 6.61 Å². The van der Waals surface area contributed by atoms with Crippen molar-refractivity contribution < 1.29 is 5.11 Å². The highest BCUT2D eigenvalue weighted by Crippen LogP contribution is 2.23. The van der Waals surface area contributed by atoms with Gasteiger partial charge in [-0.15, -0.1) is 11.8 Å². The minimum Gasteiger partial charge on any atom is -0.392 e. The fourth-order valence-electron chi connectivity index (χ4n) is 1.35. The summed E-state index contributed by atoms with van der Waals surface area (Å²) in [6.07, 6.45) is 3.06. The van der Waals surface area contributed by atoms with E-state index in [2.05, 4.69) is 19.2 Å². The third-order valence-corrected chi connectivity index (χ3v) is 2.80. The van der Waals surface area contributed by atoms with Crippen LogP contribution >= 0.6 is 11.8 Å². The molecule has 0 saturated heterocycles. The zero-order chi connectivity index (χ0) is 8.97. The summed E-state index contributed by atoms with van der Waals surface area (Å²) in [7, 11) is 0. The quantitative estimate of drug-likeness (QED) is 0.725. The largest absolute Gasteiger partial charge is 0.392 e. The van der Waals surface area contributed by atoms with Crippen molar-refractivity contribution >= 4 is 11.8 Å². The van der Waals surface area contributed by atoms with Gasteiger partial charge >= 0.3 is 0 Å². The van der Waals surface area contributed by atoms with Gasteiger partial charge in [0.2, 0.25) is 0 Å². The standard InChI is InChI=1S/C10H14OS/c1-3-9-8(7-11)5-4-6-10(9)12-2/h4-6,11H,3,7H2,1-2H3. The SMILES string of the molecule is CCc1c(CO)cccc1SC. The lowest BCUT2D eigenvalue weighted by Gasteiger charge is -2.09. The van der Waals surface area contributed by atoms with E-state index in [1.807, 2.05) is 12.1 Å². The first-order valence-corrected chi connectivity index (χ1v) is 5.31. The van der Waals surface area contributed by atoms with Crippen LogP contribution in [0, 0.1) is 0 Å². The molecule has 66 valence electrons. The molecule has 0 aromatic heterocycles. The van der Waals surface area contributed by atoms with Crippen LogP contribution in [0.15, 0.2) is 23.1 Å². The number of aliphatic hydroxyl groups excluding tert-OH is 1. The average Bonchev–Trinajstić information content (AvgIpc) is 2.16. The minimum atomic E-state index is 0.150. The minimum absolute atomic E-state index is 0.150. The molecule has 2 heteroatoms. The first kappa shape index (κ1) is 9.62.